The molecule has 2 aliphatic heterocycles. The summed E-state index contributed by atoms with van der Waals surface area (Å²) in [7, 11) is 3.57. The van der Waals surface area contributed by atoms with Crippen LogP contribution in [-0.2, 0) is 17.9 Å². The zero-order valence-corrected chi connectivity index (χ0v) is 18.1. The number of piperidine rings is 2. The lowest BCUT2D eigenvalue weighted by Crippen LogP contribution is -2.45. The number of amides is 1. The van der Waals surface area contributed by atoms with Crippen molar-refractivity contribution in [2.24, 2.45) is 10.9 Å². The number of benzene rings is 1. The molecular formula is C23H37N5O. The minimum Gasteiger partial charge on any atom is -0.359 e. The molecule has 1 amide bonds. The van der Waals surface area contributed by atoms with Crippen LogP contribution in [0.15, 0.2) is 29.3 Å². The van der Waals surface area contributed by atoms with E-state index in [4.69, 9.17) is 0 Å². The number of nitrogens with zero attached hydrogens (tertiary/aromatic N) is 3. The topological polar surface area (TPSA) is 60.0 Å². The van der Waals surface area contributed by atoms with Crippen molar-refractivity contribution in [3.8, 4) is 0 Å². The number of hydrogen-bond acceptors (Lipinski definition) is 3. The Labute approximate surface area is 175 Å². The van der Waals surface area contributed by atoms with Crippen LogP contribution in [0.5, 0.6) is 0 Å². The summed E-state index contributed by atoms with van der Waals surface area (Å²) in [6, 6.07) is 8.77. The van der Waals surface area contributed by atoms with Gasteiger partial charge in [-0.05, 0) is 55.8 Å². The number of guanidine groups is 1. The van der Waals surface area contributed by atoms with Gasteiger partial charge in [-0.2, -0.15) is 0 Å². The molecule has 0 saturated carbocycles. The predicted molar refractivity (Wildman–Crippen MR) is 119 cm³/mol. The van der Waals surface area contributed by atoms with Gasteiger partial charge in [0.25, 0.3) is 0 Å². The number of nitrogens with one attached hydrogen (secondary N) is 2. The van der Waals surface area contributed by atoms with Crippen LogP contribution in [0.25, 0.3) is 0 Å². The molecule has 0 unspecified atom stereocenters. The second-order valence-electron chi connectivity index (χ2n) is 8.31. The quantitative estimate of drug-likeness (QED) is 0.570. The third-order valence-electron chi connectivity index (χ3n) is 6.28. The zero-order valence-electron chi connectivity index (χ0n) is 18.1. The molecular weight excluding hydrogens is 362 g/mol. The van der Waals surface area contributed by atoms with Crippen molar-refractivity contribution in [1.82, 2.24) is 20.4 Å². The summed E-state index contributed by atoms with van der Waals surface area (Å²) in [6.45, 7) is 6.19. The van der Waals surface area contributed by atoms with Gasteiger partial charge in [-0.25, -0.2) is 0 Å². The molecule has 0 spiro atoms. The smallest absolute Gasteiger partial charge is 0.220 e. The van der Waals surface area contributed by atoms with E-state index in [1.165, 1.54) is 43.5 Å². The minimum absolute atomic E-state index is 0.149. The van der Waals surface area contributed by atoms with Crippen molar-refractivity contribution in [2.45, 2.75) is 51.6 Å². The molecule has 6 heteroatoms. The summed E-state index contributed by atoms with van der Waals surface area (Å²) in [4.78, 5) is 21.0. The first-order chi connectivity index (χ1) is 14.2. The Kier molecular flexibility index (Phi) is 8.35. The first-order valence-electron chi connectivity index (χ1n) is 11.1. The number of carbonyl (C=O) groups excluding carboxylic acids is 1. The Balaban J connectivity index is 1.52. The van der Waals surface area contributed by atoms with E-state index >= 15 is 0 Å². The highest BCUT2D eigenvalue weighted by molar-refractivity contribution is 5.80. The van der Waals surface area contributed by atoms with Gasteiger partial charge in [-0.3, -0.25) is 14.7 Å². The van der Waals surface area contributed by atoms with Crippen molar-refractivity contribution in [1.29, 1.82) is 0 Å². The predicted octanol–water partition coefficient (Wildman–Crippen LogP) is 2.60. The fraction of sp³-hybridized carbons (Fsp3) is 0.652. The molecule has 3 rings (SSSR count). The summed E-state index contributed by atoms with van der Waals surface area (Å²) >= 11 is 0. The fourth-order valence-electron chi connectivity index (χ4n) is 4.46. The van der Waals surface area contributed by atoms with E-state index in [-0.39, 0.29) is 5.91 Å². The average molecular weight is 400 g/mol. The molecule has 160 valence electrons. The molecule has 2 heterocycles. The third kappa shape index (κ3) is 6.46. The lowest BCUT2D eigenvalue weighted by Gasteiger charge is -2.34. The number of rotatable bonds is 6. The standard InChI is InChI=1S/C23H37N5O/c1-24-22(29)16-19-10-14-28(15-11-19)23(25-2)26-17-20-8-4-5-9-21(20)18-27-12-6-3-7-13-27/h4-5,8-9,19H,3,6-7,10-18H2,1-2H3,(H,24,29)(H,25,26). The second-order valence-corrected chi connectivity index (χ2v) is 8.31. The Morgan fingerprint density at radius 3 is 2.41 bits per heavy atom. The maximum atomic E-state index is 11.6. The molecule has 29 heavy (non-hydrogen) atoms. The molecule has 1 aromatic rings. The van der Waals surface area contributed by atoms with Gasteiger partial charge in [0.2, 0.25) is 5.91 Å². The summed E-state index contributed by atoms with van der Waals surface area (Å²) in [5, 5.41) is 6.32. The van der Waals surface area contributed by atoms with Crippen LogP contribution in [0.2, 0.25) is 0 Å². The first kappa shape index (κ1) is 21.6. The van der Waals surface area contributed by atoms with Crippen LogP contribution in [0, 0.1) is 5.92 Å². The summed E-state index contributed by atoms with van der Waals surface area (Å²) < 4.78 is 0. The fourth-order valence-corrected chi connectivity index (χ4v) is 4.46. The normalized spacial score (nSPS) is 19.2. The van der Waals surface area contributed by atoms with E-state index in [9.17, 15) is 4.79 Å². The maximum absolute atomic E-state index is 11.6. The van der Waals surface area contributed by atoms with Crippen LogP contribution in [0.1, 0.15) is 49.7 Å². The molecule has 0 bridgehead atoms. The second kappa shape index (κ2) is 11.2. The van der Waals surface area contributed by atoms with Gasteiger partial charge in [0.1, 0.15) is 0 Å². The van der Waals surface area contributed by atoms with Crippen molar-refractivity contribution in [3.63, 3.8) is 0 Å². The largest absolute Gasteiger partial charge is 0.359 e. The van der Waals surface area contributed by atoms with E-state index < -0.39 is 0 Å². The lowest BCUT2D eigenvalue weighted by molar-refractivity contribution is -0.121. The Bertz CT molecular complexity index is 676. The molecule has 0 aromatic heterocycles. The highest BCUT2D eigenvalue weighted by atomic mass is 16.1. The van der Waals surface area contributed by atoms with Gasteiger partial charge in [-0.1, -0.05) is 30.7 Å². The van der Waals surface area contributed by atoms with Gasteiger partial charge in [-0.15, -0.1) is 0 Å². The number of carbonyl (C=O) groups is 1. The summed E-state index contributed by atoms with van der Waals surface area (Å²) in [5.41, 5.74) is 2.77. The van der Waals surface area contributed by atoms with Gasteiger partial charge in [0.15, 0.2) is 5.96 Å². The van der Waals surface area contributed by atoms with Crippen LogP contribution in [-0.4, -0.2) is 61.9 Å². The van der Waals surface area contributed by atoms with Crippen LogP contribution in [0.3, 0.4) is 0 Å². The van der Waals surface area contributed by atoms with Crippen LogP contribution < -0.4 is 10.6 Å². The third-order valence-corrected chi connectivity index (χ3v) is 6.28. The average Bonchev–Trinajstić information content (AvgIpc) is 2.77. The summed E-state index contributed by atoms with van der Waals surface area (Å²) in [6.07, 6.45) is 6.74. The molecule has 2 aliphatic rings. The highest BCUT2D eigenvalue weighted by Gasteiger charge is 2.23. The van der Waals surface area contributed by atoms with E-state index in [1.54, 1.807) is 7.05 Å². The number of hydrogen-bond donors (Lipinski definition) is 2. The van der Waals surface area contributed by atoms with E-state index in [0.717, 1.165) is 45.0 Å². The van der Waals surface area contributed by atoms with Crippen molar-refractivity contribution >= 4 is 11.9 Å². The van der Waals surface area contributed by atoms with Crippen molar-refractivity contribution in [3.05, 3.63) is 35.4 Å². The number of likely N-dealkylation sites (tertiary alicyclic amines) is 2. The minimum atomic E-state index is 0.149. The maximum Gasteiger partial charge on any atom is 0.220 e. The highest BCUT2D eigenvalue weighted by Crippen LogP contribution is 2.21. The number of aliphatic imine (C=N–C) groups is 1. The van der Waals surface area contributed by atoms with Gasteiger partial charge >= 0.3 is 0 Å². The van der Waals surface area contributed by atoms with E-state index in [2.05, 4.69) is 49.7 Å². The van der Waals surface area contributed by atoms with Gasteiger partial charge < -0.3 is 15.5 Å². The van der Waals surface area contributed by atoms with Crippen LogP contribution >= 0.6 is 0 Å². The van der Waals surface area contributed by atoms with Gasteiger partial charge in [0.05, 0.1) is 0 Å². The van der Waals surface area contributed by atoms with E-state index in [1.807, 2.05) is 7.05 Å². The monoisotopic (exact) mass is 399 g/mol. The lowest BCUT2D eigenvalue weighted by atomic mass is 9.93. The van der Waals surface area contributed by atoms with E-state index in [0.29, 0.717) is 12.3 Å². The molecule has 0 radical (unpaired) electrons. The molecule has 2 saturated heterocycles. The van der Waals surface area contributed by atoms with Crippen molar-refractivity contribution < 1.29 is 4.79 Å². The molecule has 1 aromatic carbocycles. The Morgan fingerprint density at radius 2 is 1.76 bits per heavy atom. The molecule has 0 aliphatic carbocycles. The van der Waals surface area contributed by atoms with Gasteiger partial charge in [0, 0.05) is 46.7 Å². The van der Waals surface area contributed by atoms with Crippen LogP contribution in [0.4, 0.5) is 0 Å². The molecule has 6 nitrogen and oxygen atoms in total. The first-order valence-corrected chi connectivity index (χ1v) is 11.1. The van der Waals surface area contributed by atoms with Crippen molar-refractivity contribution in [2.75, 3.05) is 40.3 Å². The summed E-state index contributed by atoms with van der Waals surface area (Å²) in [5.74, 6) is 1.60. The Morgan fingerprint density at radius 1 is 1.07 bits per heavy atom. The molecule has 2 N–H and O–H groups in total. The Hall–Kier alpha value is -2.08. The zero-order chi connectivity index (χ0) is 20.5. The molecule has 2 fully saturated rings. The SMILES string of the molecule is CN=C(NCc1ccccc1CN1CCCCC1)N1CCC(CC(=O)NC)CC1. The molecule has 0 atom stereocenters.